The molecule has 0 saturated carbocycles. The summed E-state index contributed by atoms with van der Waals surface area (Å²) in [5.41, 5.74) is 0. The Balaban J connectivity index is 1.58. The van der Waals surface area contributed by atoms with Crippen LogP contribution in [0.4, 0.5) is 9.80 Å². The summed E-state index contributed by atoms with van der Waals surface area (Å²) < 4.78 is 0. The highest BCUT2D eigenvalue weighted by molar-refractivity contribution is 7.99. The van der Waals surface area contributed by atoms with Crippen LogP contribution in [0.1, 0.15) is 16.5 Å². The first-order chi connectivity index (χ1) is 9.83. The van der Waals surface area contributed by atoms with E-state index in [2.05, 4.69) is 22.8 Å². The molecule has 0 aromatic carbocycles. The standard InChI is InChI=1S/C14H16N2OS3/c17-14(15-13-4-2-9-20-13)16-6-5-12(19-10-7-16)11-3-1-8-18-11/h1-4,8-9,12H,5-7,10H2,(H,15,17). The van der Waals surface area contributed by atoms with Gasteiger partial charge in [-0.3, -0.25) is 5.32 Å². The number of hydrogen-bond acceptors (Lipinski definition) is 4. The van der Waals surface area contributed by atoms with Crippen LogP contribution >= 0.6 is 34.4 Å². The summed E-state index contributed by atoms with van der Waals surface area (Å²) in [5, 5.41) is 8.52. The molecule has 1 aliphatic heterocycles. The second kappa shape index (κ2) is 6.65. The predicted molar refractivity (Wildman–Crippen MR) is 89.0 cm³/mol. The molecule has 6 heteroatoms. The molecular weight excluding hydrogens is 308 g/mol. The van der Waals surface area contributed by atoms with E-state index in [1.807, 2.05) is 45.5 Å². The Hall–Kier alpha value is -0.980. The Morgan fingerprint density at radius 3 is 2.80 bits per heavy atom. The van der Waals surface area contributed by atoms with Crippen molar-refractivity contribution in [3.05, 3.63) is 39.9 Å². The van der Waals surface area contributed by atoms with Gasteiger partial charge in [0.25, 0.3) is 0 Å². The van der Waals surface area contributed by atoms with E-state index in [9.17, 15) is 4.79 Å². The zero-order valence-electron chi connectivity index (χ0n) is 11.0. The van der Waals surface area contributed by atoms with Crippen LogP contribution in [0.25, 0.3) is 0 Å². The van der Waals surface area contributed by atoms with Crippen LogP contribution in [0.5, 0.6) is 0 Å². The molecule has 3 heterocycles. The van der Waals surface area contributed by atoms with Crippen molar-refractivity contribution in [3.63, 3.8) is 0 Å². The van der Waals surface area contributed by atoms with Crippen LogP contribution in [0.3, 0.4) is 0 Å². The SMILES string of the molecule is O=C(Nc1cccs1)N1CCSC(c2cccs2)CC1. The number of carbonyl (C=O) groups is 1. The van der Waals surface area contributed by atoms with Crippen molar-refractivity contribution in [2.24, 2.45) is 0 Å². The number of anilines is 1. The lowest BCUT2D eigenvalue weighted by atomic mass is 10.2. The van der Waals surface area contributed by atoms with Crippen molar-refractivity contribution in [1.82, 2.24) is 4.90 Å². The predicted octanol–water partition coefficient (Wildman–Crippen LogP) is 4.52. The summed E-state index contributed by atoms with van der Waals surface area (Å²) in [6.07, 6.45) is 1.03. The number of thioether (sulfide) groups is 1. The number of nitrogens with zero attached hydrogens (tertiary/aromatic N) is 1. The minimum atomic E-state index is 0.0277. The first-order valence-electron chi connectivity index (χ1n) is 6.57. The fourth-order valence-electron chi connectivity index (χ4n) is 2.21. The largest absolute Gasteiger partial charge is 0.324 e. The van der Waals surface area contributed by atoms with Gasteiger partial charge in [0.05, 0.1) is 5.00 Å². The third-order valence-electron chi connectivity index (χ3n) is 3.24. The molecule has 3 nitrogen and oxygen atoms in total. The molecule has 1 saturated heterocycles. The number of hydrogen-bond donors (Lipinski definition) is 1. The Bertz CT molecular complexity index is 539. The fraction of sp³-hybridized carbons (Fsp3) is 0.357. The van der Waals surface area contributed by atoms with E-state index < -0.39 is 0 Å². The second-order valence-electron chi connectivity index (χ2n) is 4.56. The van der Waals surface area contributed by atoms with Gasteiger partial charge >= 0.3 is 6.03 Å². The molecule has 1 atom stereocenters. The van der Waals surface area contributed by atoms with E-state index in [-0.39, 0.29) is 6.03 Å². The highest BCUT2D eigenvalue weighted by Crippen LogP contribution is 2.36. The first kappa shape index (κ1) is 14.0. The quantitative estimate of drug-likeness (QED) is 0.881. The van der Waals surface area contributed by atoms with Crippen LogP contribution in [0.15, 0.2) is 35.0 Å². The zero-order valence-corrected chi connectivity index (χ0v) is 13.4. The molecular formula is C14H16N2OS3. The molecule has 1 N–H and O–H groups in total. The van der Waals surface area contributed by atoms with Gasteiger partial charge in [0.15, 0.2) is 0 Å². The maximum Gasteiger partial charge on any atom is 0.322 e. The minimum absolute atomic E-state index is 0.0277. The van der Waals surface area contributed by atoms with Crippen LogP contribution in [0.2, 0.25) is 0 Å². The van der Waals surface area contributed by atoms with Crippen molar-refractivity contribution in [3.8, 4) is 0 Å². The number of thiophene rings is 2. The van der Waals surface area contributed by atoms with Gasteiger partial charge in [0.1, 0.15) is 0 Å². The van der Waals surface area contributed by atoms with Gasteiger partial charge in [-0.15, -0.1) is 22.7 Å². The van der Waals surface area contributed by atoms with Crippen molar-refractivity contribution >= 4 is 45.5 Å². The summed E-state index contributed by atoms with van der Waals surface area (Å²) in [7, 11) is 0. The maximum absolute atomic E-state index is 12.2. The molecule has 1 unspecified atom stereocenters. The smallest absolute Gasteiger partial charge is 0.322 e. The average molecular weight is 324 g/mol. The Kier molecular flexibility index (Phi) is 4.65. The molecule has 2 amide bonds. The number of amides is 2. The molecule has 1 aliphatic rings. The zero-order chi connectivity index (χ0) is 13.8. The summed E-state index contributed by atoms with van der Waals surface area (Å²) in [6, 6.07) is 8.21. The van der Waals surface area contributed by atoms with Crippen LogP contribution in [-0.4, -0.2) is 29.8 Å². The molecule has 1 fully saturated rings. The number of urea groups is 1. The molecule has 2 aromatic heterocycles. The molecule has 0 bridgehead atoms. The van der Waals surface area contributed by atoms with Gasteiger partial charge in [-0.2, -0.15) is 11.8 Å². The van der Waals surface area contributed by atoms with E-state index in [0.29, 0.717) is 5.25 Å². The van der Waals surface area contributed by atoms with E-state index in [4.69, 9.17) is 0 Å². The van der Waals surface area contributed by atoms with Gasteiger partial charge in [-0.05, 0) is 35.4 Å². The van der Waals surface area contributed by atoms with Crippen molar-refractivity contribution < 1.29 is 4.79 Å². The molecule has 0 aliphatic carbocycles. The lowest BCUT2D eigenvalue weighted by molar-refractivity contribution is 0.215. The number of nitrogens with one attached hydrogen (secondary N) is 1. The topological polar surface area (TPSA) is 32.3 Å². The van der Waals surface area contributed by atoms with E-state index in [1.165, 1.54) is 4.88 Å². The highest BCUT2D eigenvalue weighted by Gasteiger charge is 2.22. The first-order valence-corrected chi connectivity index (χ1v) is 9.38. The van der Waals surface area contributed by atoms with Gasteiger partial charge in [-0.1, -0.05) is 6.07 Å². The molecule has 106 valence electrons. The lowest BCUT2D eigenvalue weighted by Gasteiger charge is -2.20. The maximum atomic E-state index is 12.2. The third kappa shape index (κ3) is 3.37. The molecule has 3 rings (SSSR count). The van der Waals surface area contributed by atoms with Crippen LogP contribution in [-0.2, 0) is 0 Å². The van der Waals surface area contributed by atoms with E-state index in [0.717, 1.165) is 30.3 Å². The van der Waals surface area contributed by atoms with E-state index >= 15 is 0 Å². The molecule has 0 spiro atoms. The summed E-state index contributed by atoms with van der Waals surface area (Å²) >= 11 is 5.33. The van der Waals surface area contributed by atoms with Gasteiger partial charge < -0.3 is 4.90 Å². The monoisotopic (exact) mass is 324 g/mol. The van der Waals surface area contributed by atoms with Crippen molar-refractivity contribution in [2.45, 2.75) is 11.7 Å². The van der Waals surface area contributed by atoms with Crippen LogP contribution < -0.4 is 5.32 Å². The normalized spacial score (nSPS) is 19.6. The highest BCUT2D eigenvalue weighted by atomic mass is 32.2. The number of rotatable bonds is 2. The van der Waals surface area contributed by atoms with E-state index in [1.54, 1.807) is 11.3 Å². The fourth-order valence-corrected chi connectivity index (χ4v) is 5.05. The Morgan fingerprint density at radius 1 is 1.20 bits per heavy atom. The van der Waals surface area contributed by atoms with Crippen LogP contribution in [0, 0.1) is 0 Å². The summed E-state index contributed by atoms with van der Waals surface area (Å²) in [6.45, 7) is 1.65. The molecule has 0 radical (unpaired) electrons. The second-order valence-corrected chi connectivity index (χ2v) is 7.80. The van der Waals surface area contributed by atoms with Gasteiger partial charge in [0.2, 0.25) is 0 Å². The number of carbonyl (C=O) groups excluding carboxylic acids is 1. The average Bonchev–Trinajstić information content (AvgIpc) is 3.09. The Morgan fingerprint density at radius 2 is 2.05 bits per heavy atom. The van der Waals surface area contributed by atoms with Gasteiger partial charge in [0, 0.05) is 29.0 Å². The molecule has 2 aromatic rings. The lowest BCUT2D eigenvalue weighted by Crippen LogP contribution is -2.36. The third-order valence-corrected chi connectivity index (χ3v) is 6.47. The van der Waals surface area contributed by atoms with Crippen molar-refractivity contribution in [1.29, 1.82) is 0 Å². The summed E-state index contributed by atoms with van der Waals surface area (Å²) in [5.74, 6) is 1.00. The summed E-state index contributed by atoms with van der Waals surface area (Å²) in [4.78, 5) is 15.6. The minimum Gasteiger partial charge on any atom is -0.324 e. The van der Waals surface area contributed by atoms with Crippen molar-refractivity contribution in [2.75, 3.05) is 24.2 Å². The Labute approximate surface area is 131 Å². The molecule has 20 heavy (non-hydrogen) atoms. The van der Waals surface area contributed by atoms with Gasteiger partial charge in [-0.25, -0.2) is 4.79 Å².